The normalized spacial score (nSPS) is 29.5. The third-order valence-corrected chi connectivity index (χ3v) is 2.01. The molecule has 0 bridgehead atoms. The highest BCUT2D eigenvalue weighted by atomic mass is 16.2. The first kappa shape index (κ1) is 10.4. The predicted octanol–water partition coefficient (Wildman–Crippen LogP) is -1.88. The van der Waals surface area contributed by atoms with Crippen LogP contribution < -0.4 is 22.0 Å². The first-order valence-corrected chi connectivity index (χ1v) is 4.52. The second kappa shape index (κ2) is 4.52. The van der Waals surface area contributed by atoms with Gasteiger partial charge in [-0.1, -0.05) is 6.92 Å². The highest BCUT2D eigenvalue weighted by Crippen LogP contribution is 1.98. The van der Waals surface area contributed by atoms with Crippen LogP contribution in [0.3, 0.4) is 0 Å². The minimum absolute atomic E-state index is 0.0906. The van der Waals surface area contributed by atoms with E-state index in [0.717, 1.165) is 6.54 Å². The zero-order valence-corrected chi connectivity index (χ0v) is 8.00. The zero-order valence-electron chi connectivity index (χ0n) is 8.00. The van der Waals surface area contributed by atoms with E-state index in [1.165, 1.54) is 5.01 Å². The summed E-state index contributed by atoms with van der Waals surface area (Å²) in [6, 6.07) is -0.527. The van der Waals surface area contributed by atoms with Gasteiger partial charge in [0.1, 0.15) is 6.04 Å². The quantitative estimate of drug-likeness (QED) is 0.416. The summed E-state index contributed by atoms with van der Waals surface area (Å²) in [6.07, 6.45) is -0.194. The van der Waals surface area contributed by atoms with Gasteiger partial charge < -0.3 is 5.73 Å². The van der Waals surface area contributed by atoms with Gasteiger partial charge >= 0.3 is 0 Å². The van der Waals surface area contributed by atoms with E-state index in [-0.39, 0.29) is 12.1 Å². The molecule has 1 saturated heterocycles. The van der Waals surface area contributed by atoms with Crippen LogP contribution in [0.5, 0.6) is 0 Å². The van der Waals surface area contributed by atoms with Crippen molar-refractivity contribution in [1.29, 1.82) is 0 Å². The van der Waals surface area contributed by atoms with Crippen molar-refractivity contribution in [2.45, 2.75) is 26.1 Å². The SMILES string of the molecule is CCNC1NNN(CC)C(=O)C1N. The molecule has 1 aliphatic rings. The van der Waals surface area contributed by atoms with Crippen molar-refractivity contribution in [3.63, 3.8) is 0 Å². The number of hydrogen-bond donors (Lipinski definition) is 4. The molecular formula is C7H17N5O. The second-order valence-electron chi connectivity index (χ2n) is 2.90. The molecule has 1 amide bonds. The van der Waals surface area contributed by atoms with Gasteiger partial charge in [-0.15, -0.1) is 0 Å². The summed E-state index contributed by atoms with van der Waals surface area (Å²) in [5.74, 6) is -0.0906. The monoisotopic (exact) mass is 187 g/mol. The van der Waals surface area contributed by atoms with Gasteiger partial charge in [0.05, 0.1) is 6.17 Å². The average Bonchev–Trinajstić information content (AvgIpc) is 2.14. The van der Waals surface area contributed by atoms with Crippen molar-refractivity contribution in [3.05, 3.63) is 0 Å². The van der Waals surface area contributed by atoms with Crippen LogP contribution in [0.4, 0.5) is 0 Å². The zero-order chi connectivity index (χ0) is 9.84. The number of amides is 1. The van der Waals surface area contributed by atoms with Crippen LogP contribution >= 0.6 is 0 Å². The average molecular weight is 187 g/mol. The molecule has 0 aliphatic carbocycles. The minimum Gasteiger partial charge on any atom is -0.317 e. The van der Waals surface area contributed by atoms with Crippen LogP contribution in [0, 0.1) is 0 Å². The molecule has 0 aromatic rings. The van der Waals surface area contributed by atoms with Gasteiger partial charge in [-0.2, -0.15) is 5.53 Å². The second-order valence-corrected chi connectivity index (χ2v) is 2.90. The summed E-state index contributed by atoms with van der Waals surface area (Å²) in [7, 11) is 0. The van der Waals surface area contributed by atoms with E-state index >= 15 is 0 Å². The Balaban J connectivity index is 2.54. The van der Waals surface area contributed by atoms with Crippen LogP contribution in [0.15, 0.2) is 0 Å². The lowest BCUT2D eigenvalue weighted by atomic mass is 10.2. The lowest BCUT2D eigenvalue weighted by Gasteiger charge is -2.36. The minimum atomic E-state index is -0.527. The van der Waals surface area contributed by atoms with E-state index in [1.807, 2.05) is 13.8 Å². The summed E-state index contributed by atoms with van der Waals surface area (Å²) < 4.78 is 0. The highest BCUT2D eigenvalue weighted by Gasteiger charge is 2.32. The molecule has 0 saturated carbocycles. The van der Waals surface area contributed by atoms with Gasteiger partial charge in [0, 0.05) is 6.54 Å². The Kier molecular flexibility index (Phi) is 3.61. The van der Waals surface area contributed by atoms with Crippen molar-refractivity contribution >= 4 is 5.91 Å². The molecule has 2 unspecified atom stereocenters. The fourth-order valence-corrected chi connectivity index (χ4v) is 1.25. The number of carbonyl (C=O) groups is 1. The number of nitrogens with zero attached hydrogens (tertiary/aromatic N) is 1. The van der Waals surface area contributed by atoms with E-state index in [9.17, 15) is 4.79 Å². The van der Waals surface area contributed by atoms with Crippen LogP contribution in [-0.4, -0.2) is 36.2 Å². The molecule has 1 heterocycles. The maximum atomic E-state index is 11.5. The largest absolute Gasteiger partial charge is 0.317 e. The van der Waals surface area contributed by atoms with E-state index in [0.29, 0.717) is 6.54 Å². The summed E-state index contributed by atoms with van der Waals surface area (Å²) in [6.45, 7) is 5.21. The third-order valence-electron chi connectivity index (χ3n) is 2.01. The molecular weight excluding hydrogens is 170 g/mol. The molecule has 0 radical (unpaired) electrons. The molecule has 13 heavy (non-hydrogen) atoms. The Morgan fingerprint density at radius 2 is 2.31 bits per heavy atom. The van der Waals surface area contributed by atoms with E-state index in [4.69, 9.17) is 5.73 Å². The number of carbonyl (C=O) groups excluding carboxylic acids is 1. The van der Waals surface area contributed by atoms with Crippen molar-refractivity contribution in [2.75, 3.05) is 13.1 Å². The molecule has 1 aliphatic heterocycles. The first-order chi connectivity index (χ1) is 6.20. The fraction of sp³-hybridized carbons (Fsp3) is 0.857. The van der Waals surface area contributed by atoms with Gasteiger partial charge in [0.25, 0.3) is 5.91 Å². The van der Waals surface area contributed by atoms with Crippen LogP contribution in [-0.2, 0) is 4.79 Å². The predicted molar refractivity (Wildman–Crippen MR) is 49.1 cm³/mol. The van der Waals surface area contributed by atoms with E-state index < -0.39 is 6.04 Å². The fourth-order valence-electron chi connectivity index (χ4n) is 1.25. The Morgan fingerprint density at radius 3 is 2.85 bits per heavy atom. The van der Waals surface area contributed by atoms with Crippen molar-refractivity contribution in [3.8, 4) is 0 Å². The summed E-state index contributed by atoms with van der Waals surface area (Å²) >= 11 is 0. The molecule has 76 valence electrons. The topological polar surface area (TPSA) is 82.4 Å². The van der Waals surface area contributed by atoms with Crippen molar-refractivity contribution in [1.82, 2.24) is 21.3 Å². The lowest BCUT2D eigenvalue weighted by molar-refractivity contribution is -0.142. The Bertz CT molecular complexity index is 186. The molecule has 5 N–H and O–H groups in total. The first-order valence-electron chi connectivity index (χ1n) is 4.52. The Labute approximate surface area is 77.8 Å². The third kappa shape index (κ3) is 2.16. The molecule has 1 fully saturated rings. The highest BCUT2D eigenvalue weighted by molar-refractivity contribution is 5.82. The number of rotatable bonds is 3. The smallest absolute Gasteiger partial charge is 0.257 e. The number of hydrogen-bond acceptors (Lipinski definition) is 5. The molecule has 0 aromatic carbocycles. The van der Waals surface area contributed by atoms with Gasteiger partial charge in [-0.05, 0) is 13.5 Å². The summed E-state index contributed by atoms with van der Waals surface area (Å²) in [4.78, 5) is 11.5. The van der Waals surface area contributed by atoms with Crippen LogP contribution in [0.2, 0.25) is 0 Å². The van der Waals surface area contributed by atoms with Gasteiger partial charge in [0.2, 0.25) is 0 Å². The van der Waals surface area contributed by atoms with Crippen LogP contribution in [0.1, 0.15) is 13.8 Å². The molecule has 0 spiro atoms. The molecule has 0 aromatic heterocycles. The Hall–Kier alpha value is -0.690. The number of likely N-dealkylation sites (N-methyl/N-ethyl adjacent to an activating group) is 2. The van der Waals surface area contributed by atoms with E-state index in [2.05, 4.69) is 16.3 Å². The maximum Gasteiger partial charge on any atom is 0.257 e. The lowest BCUT2D eigenvalue weighted by Crippen LogP contribution is -2.72. The molecule has 1 rings (SSSR count). The summed E-state index contributed by atoms with van der Waals surface area (Å²) in [5.41, 5.74) is 11.4. The maximum absolute atomic E-state index is 11.5. The molecule has 2 atom stereocenters. The number of hydrazine groups is 2. The van der Waals surface area contributed by atoms with Crippen molar-refractivity contribution < 1.29 is 4.79 Å². The van der Waals surface area contributed by atoms with E-state index in [1.54, 1.807) is 0 Å². The molecule has 6 heteroatoms. The van der Waals surface area contributed by atoms with Gasteiger partial charge in [0.15, 0.2) is 0 Å². The number of nitrogens with one attached hydrogen (secondary N) is 3. The standard InChI is InChI=1S/C7H17N5O/c1-3-9-6-5(8)7(13)12(4-2)11-10-6/h5-6,9-11H,3-4,8H2,1-2H3. The van der Waals surface area contributed by atoms with Gasteiger partial charge in [-0.3, -0.25) is 15.1 Å². The summed E-state index contributed by atoms with van der Waals surface area (Å²) in [5, 5.41) is 4.52. The number of nitrogens with two attached hydrogens (primary N) is 1. The van der Waals surface area contributed by atoms with Crippen LogP contribution in [0.25, 0.3) is 0 Å². The Morgan fingerprint density at radius 1 is 1.62 bits per heavy atom. The van der Waals surface area contributed by atoms with Crippen molar-refractivity contribution in [2.24, 2.45) is 5.73 Å². The van der Waals surface area contributed by atoms with Gasteiger partial charge in [-0.25, -0.2) is 5.43 Å². The molecule has 6 nitrogen and oxygen atoms in total.